The van der Waals surface area contributed by atoms with Crippen LogP contribution in [0, 0.1) is 0 Å². The van der Waals surface area contributed by atoms with Crippen LogP contribution in [0.3, 0.4) is 0 Å². The molecule has 0 aliphatic heterocycles. The highest BCUT2D eigenvalue weighted by Gasteiger charge is 2.13. The number of allylic oxidation sites excluding steroid dienone is 1. The molecule has 1 rings (SSSR count). The van der Waals surface area contributed by atoms with E-state index < -0.39 is 5.97 Å². The molecular formula is C13H16O4. The largest absolute Gasteiger partial charge is 0.475 e. The number of rotatable bonds is 5. The average Bonchev–Trinajstić information content (AvgIpc) is 2.28. The van der Waals surface area contributed by atoms with E-state index in [-0.39, 0.29) is 11.2 Å². The normalized spacial score (nSPS) is 10.9. The number of hydrogen-bond donors (Lipinski definition) is 1. The van der Waals surface area contributed by atoms with Crippen molar-refractivity contribution in [2.45, 2.75) is 33.1 Å². The number of hydrogen-bond acceptors (Lipinski definition) is 3. The quantitative estimate of drug-likeness (QED) is 0.853. The SMILES string of the molecule is CC=Cc1oc(C(=O)O)cc(=O)c1CCCC. The van der Waals surface area contributed by atoms with Crippen LogP contribution < -0.4 is 5.43 Å². The first-order valence-electron chi connectivity index (χ1n) is 5.63. The second-order valence-corrected chi connectivity index (χ2v) is 3.73. The van der Waals surface area contributed by atoms with Crippen molar-refractivity contribution in [3.8, 4) is 0 Å². The highest BCUT2D eigenvalue weighted by Crippen LogP contribution is 2.13. The fourth-order valence-corrected chi connectivity index (χ4v) is 1.53. The lowest BCUT2D eigenvalue weighted by Gasteiger charge is -2.04. The van der Waals surface area contributed by atoms with Gasteiger partial charge in [-0.25, -0.2) is 4.79 Å². The van der Waals surface area contributed by atoms with Crippen LogP contribution in [0.25, 0.3) is 6.08 Å². The molecule has 0 fully saturated rings. The number of unbranched alkanes of at least 4 members (excludes halogenated alkanes) is 1. The van der Waals surface area contributed by atoms with E-state index in [0.717, 1.165) is 18.9 Å². The molecule has 1 aromatic heterocycles. The topological polar surface area (TPSA) is 67.5 Å². The van der Waals surface area contributed by atoms with E-state index in [1.807, 2.05) is 6.92 Å². The third-order valence-corrected chi connectivity index (χ3v) is 2.39. The molecule has 0 aliphatic carbocycles. The molecule has 0 aromatic carbocycles. The molecule has 17 heavy (non-hydrogen) atoms. The van der Waals surface area contributed by atoms with Crippen molar-refractivity contribution in [2.75, 3.05) is 0 Å². The van der Waals surface area contributed by atoms with Crippen molar-refractivity contribution in [2.24, 2.45) is 0 Å². The predicted molar refractivity (Wildman–Crippen MR) is 65.3 cm³/mol. The van der Waals surface area contributed by atoms with Crippen LogP contribution in [0.1, 0.15) is 48.6 Å². The molecule has 1 aromatic rings. The van der Waals surface area contributed by atoms with E-state index in [4.69, 9.17) is 9.52 Å². The average molecular weight is 236 g/mol. The van der Waals surface area contributed by atoms with Crippen LogP contribution >= 0.6 is 0 Å². The van der Waals surface area contributed by atoms with Gasteiger partial charge in [-0.3, -0.25) is 4.79 Å². The molecule has 1 heterocycles. The summed E-state index contributed by atoms with van der Waals surface area (Å²) in [4.78, 5) is 22.6. The molecule has 0 radical (unpaired) electrons. The molecule has 1 N–H and O–H groups in total. The maximum Gasteiger partial charge on any atom is 0.371 e. The molecule has 0 atom stereocenters. The Morgan fingerprint density at radius 1 is 1.53 bits per heavy atom. The Morgan fingerprint density at radius 3 is 2.76 bits per heavy atom. The van der Waals surface area contributed by atoms with Crippen LogP contribution in [-0.4, -0.2) is 11.1 Å². The minimum Gasteiger partial charge on any atom is -0.475 e. The third kappa shape index (κ3) is 3.31. The maximum absolute atomic E-state index is 11.8. The first kappa shape index (κ1) is 13.2. The lowest BCUT2D eigenvalue weighted by Crippen LogP contribution is -2.13. The summed E-state index contributed by atoms with van der Waals surface area (Å²) in [6.07, 6.45) is 5.80. The molecule has 0 saturated carbocycles. The van der Waals surface area contributed by atoms with Gasteiger partial charge < -0.3 is 9.52 Å². The van der Waals surface area contributed by atoms with E-state index in [2.05, 4.69) is 0 Å². The Hall–Kier alpha value is -1.84. The van der Waals surface area contributed by atoms with Crippen molar-refractivity contribution >= 4 is 12.0 Å². The first-order valence-corrected chi connectivity index (χ1v) is 5.63. The van der Waals surface area contributed by atoms with Crippen molar-refractivity contribution in [3.63, 3.8) is 0 Å². The summed E-state index contributed by atoms with van der Waals surface area (Å²) in [5.74, 6) is -1.19. The zero-order valence-electron chi connectivity index (χ0n) is 10.0. The number of carboxylic acids is 1. The highest BCUT2D eigenvalue weighted by atomic mass is 16.4. The molecule has 4 heteroatoms. The Labute approximate surface area is 99.6 Å². The van der Waals surface area contributed by atoms with Crippen LogP contribution in [0.2, 0.25) is 0 Å². The zero-order chi connectivity index (χ0) is 12.8. The van der Waals surface area contributed by atoms with Crippen LogP contribution in [0.5, 0.6) is 0 Å². The van der Waals surface area contributed by atoms with Gasteiger partial charge in [-0.05, 0) is 25.8 Å². The third-order valence-electron chi connectivity index (χ3n) is 2.39. The van der Waals surface area contributed by atoms with Gasteiger partial charge in [0.1, 0.15) is 5.76 Å². The summed E-state index contributed by atoms with van der Waals surface area (Å²) in [5.41, 5.74) is 0.283. The molecule has 0 spiro atoms. The summed E-state index contributed by atoms with van der Waals surface area (Å²) in [5, 5.41) is 8.81. The lowest BCUT2D eigenvalue weighted by atomic mass is 10.1. The smallest absolute Gasteiger partial charge is 0.371 e. The monoisotopic (exact) mass is 236 g/mol. The zero-order valence-corrected chi connectivity index (χ0v) is 10.0. The Balaban J connectivity index is 3.28. The van der Waals surface area contributed by atoms with Crippen LogP contribution in [-0.2, 0) is 6.42 Å². The maximum atomic E-state index is 11.8. The second kappa shape index (κ2) is 6.03. The summed E-state index contributed by atoms with van der Waals surface area (Å²) >= 11 is 0. The summed E-state index contributed by atoms with van der Waals surface area (Å²) < 4.78 is 5.20. The second-order valence-electron chi connectivity index (χ2n) is 3.73. The lowest BCUT2D eigenvalue weighted by molar-refractivity contribution is 0.0658. The van der Waals surface area contributed by atoms with E-state index in [0.29, 0.717) is 17.7 Å². The van der Waals surface area contributed by atoms with Gasteiger partial charge in [0.05, 0.1) is 0 Å². The molecule has 0 unspecified atom stereocenters. The summed E-state index contributed by atoms with van der Waals surface area (Å²) in [6.45, 7) is 3.82. The van der Waals surface area contributed by atoms with Gasteiger partial charge in [-0.1, -0.05) is 19.4 Å². The predicted octanol–water partition coefficient (Wildman–Crippen LogP) is 2.71. The summed E-state index contributed by atoms with van der Waals surface area (Å²) in [7, 11) is 0. The summed E-state index contributed by atoms with van der Waals surface area (Å²) in [6, 6.07) is 1.04. The van der Waals surface area contributed by atoms with Gasteiger partial charge in [0.25, 0.3) is 0 Å². The fourth-order valence-electron chi connectivity index (χ4n) is 1.53. The molecule has 0 aliphatic rings. The highest BCUT2D eigenvalue weighted by molar-refractivity contribution is 5.84. The molecular weight excluding hydrogens is 220 g/mol. The Kier molecular flexibility index (Phi) is 4.69. The molecule has 92 valence electrons. The molecule has 0 bridgehead atoms. The van der Waals surface area contributed by atoms with Crippen LogP contribution in [0.15, 0.2) is 21.4 Å². The van der Waals surface area contributed by atoms with Crippen molar-refractivity contribution in [1.82, 2.24) is 0 Å². The van der Waals surface area contributed by atoms with Crippen molar-refractivity contribution in [3.05, 3.63) is 39.4 Å². The van der Waals surface area contributed by atoms with Gasteiger partial charge in [0.2, 0.25) is 5.76 Å². The number of carboxylic acid groups (broad SMARTS) is 1. The minimum absolute atomic E-state index is 0.268. The van der Waals surface area contributed by atoms with E-state index in [1.54, 1.807) is 19.1 Å². The fraction of sp³-hybridized carbons (Fsp3) is 0.385. The minimum atomic E-state index is -1.23. The van der Waals surface area contributed by atoms with Gasteiger partial charge in [-0.15, -0.1) is 0 Å². The standard InChI is InChI=1S/C13H16O4/c1-3-5-7-9-10(14)8-12(13(15)16)17-11(9)6-4-2/h4,6,8H,3,5,7H2,1-2H3,(H,15,16). The van der Waals surface area contributed by atoms with E-state index >= 15 is 0 Å². The van der Waals surface area contributed by atoms with Gasteiger partial charge >= 0.3 is 5.97 Å². The first-order chi connectivity index (χ1) is 8.10. The van der Waals surface area contributed by atoms with E-state index in [9.17, 15) is 9.59 Å². The van der Waals surface area contributed by atoms with Crippen LogP contribution in [0.4, 0.5) is 0 Å². The Bertz CT molecular complexity index is 483. The van der Waals surface area contributed by atoms with Gasteiger partial charge in [-0.2, -0.15) is 0 Å². The van der Waals surface area contributed by atoms with Crippen molar-refractivity contribution < 1.29 is 14.3 Å². The number of aromatic carboxylic acids is 1. The molecule has 0 amide bonds. The molecule has 4 nitrogen and oxygen atoms in total. The Morgan fingerprint density at radius 2 is 2.24 bits per heavy atom. The van der Waals surface area contributed by atoms with Crippen molar-refractivity contribution in [1.29, 1.82) is 0 Å². The molecule has 0 saturated heterocycles. The van der Waals surface area contributed by atoms with Gasteiger partial charge in [0.15, 0.2) is 5.43 Å². The van der Waals surface area contributed by atoms with E-state index in [1.165, 1.54) is 0 Å². The van der Waals surface area contributed by atoms with Gasteiger partial charge in [0, 0.05) is 11.6 Å². The number of carbonyl (C=O) groups is 1.